The minimum atomic E-state index is -3.18. The summed E-state index contributed by atoms with van der Waals surface area (Å²) in [6, 6.07) is 9.71. The van der Waals surface area contributed by atoms with E-state index in [1.54, 1.807) is 24.8 Å². The first kappa shape index (κ1) is 27.2. The van der Waals surface area contributed by atoms with Crippen LogP contribution in [-0.4, -0.2) is 51.1 Å². The number of benzene rings is 1. The van der Waals surface area contributed by atoms with Crippen molar-refractivity contribution in [3.8, 4) is 0 Å². The molecule has 0 bridgehead atoms. The SMILES string of the molecule is C=CCO[Si](C)(C=C)O[Si](C)(COC(=O)C(=C)C)O[Si](C)(OCC=C)c1ccccc1. The zero-order chi connectivity index (χ0) is 23.5. The molecule has 3 atom stereocenters. The van der Waals surface area contributed by atoms with E-state index in [0.717, 1.165) is 5.19 Å². The van der Waals surface area contributed by atoms with Gasteiger partial charge in [0.15, 0.2) is 0 Å². The number of hydrogen-bond donors (Lipinski definition) is 0. The highest BCUT2D eigenvalue weighted by Crippen LogP contribution is 2.24. The normalized spacial score (nSPS) is 16.8. The van der Waals surface area contributed by atoms with Gasteiger partial charge in [-0.15, -0.1) is 19.7 Å². The molecule has 0 spiro atoms. The molecule has 9 heteroatoms. The number of ether oxygens (including phenoxy) is 1. The summed E-state index contributed by atoms with van der Waals surface area (Å²) in [7, 11) is -8.99. The largest absolute Gasteiger partial charge is 0.460 e. The number of rotatable bonds is 15. The first-order valence-electron chi connectivity index (χ1n) is 9.95. The van der Waals surface area contributed by atoms with Crippen LogP contribution in [0, 0.1) is 0 Å². The van der Waals surface area contributed by atoms with Crippen molar-refractivity contribution in [2.45, 2.75) is 26.6 Å². The van der Waals surface area contributed by atoms with E-state index < -0.39 is 31.7 Å². The monoisotopic (exact) mass is 478 g/mol. The van der Waals surface area contributed by atoms with Crippen molar-refractivity contribution in [1.82, 2.24) is 0 Å². The van der Waals surface area contributed by atoms with Gasteiger partial charge in [-0.25, -0.2) is 4.79 Å². The minimum absolute atomic E-state index is 0.0422. The van der Waals surface area contributed by atoms with Crippen LogP contribution in [0.3, 0.4) is 0 Å². The van der Waals surface area contributed by atoms with E-state index in [1.165, 1.54) is 0 Å². The molecule has 170 valence electrons. The Hall–Kier alpha value is -1.86. The molecule has 1 aromatic rings. The average molecular weight is 479 g/mol. The van der Waals surface area contributed by atoms with Gasteiger partial charge in [-0.2, -0.15) is 0 Å². The maximum atomic E-state index is 12.1. The molecule has 0 aliphatic rings. The Bertz CT molecular complexity index is 787. The average Bonchev–Trinajstić information content (AvgIpc) is 2.75. The van der Waals surface area contributed by atoms with Gasteiger partial charge in [-0.1, -0.05) is 54.8 Å². The maximum absolute atomic E-state index is 12.1. The highest BCUT2D eigenvalue weighted by atomic mass is 28.5. The fourth-order valence-electron chi connectivity index (χ4n) is 2.73. The summed E-state index contributed by atoms with van der Waals surface area (Å²) >= 11 is 0. The summed E-state index contributed by atoms with van der Waals surface area (Å²) in [5.74, 6) is -0.505. The first-order valence-corrected chi connectivity index (χ1v) is 17.2. The molecule has 31 heavy (non-hydrogen) atoms. The molecule has 0 radical (unpaired) electrons. The Morgan fingerprint density at radius 3 is 2.06 bits per heavy atom. The molecule has 0 amide bonds. The summed E-state index contributed by atoms with van der Waals surface area (Å²) in [6.07, 6.45) is 3.28. The van der Waals surface area contributed by atoms with Crippen molar-refractivity contribution in [2.75, 3.05) is 19.4 Å². The third-order valence-electron chi connectivity index (χ3n) is 4.28. The van der Waals surface area contributed by atoms with Crippen LogP contribution in [0.25, 0.3) is 0 Å². The van der Waals surface area contributed by atoms with Gasteiger partial charge in [0.05, 0.1) is 13.2 Å². The van der Waals surface area contributed by atoms with Crippen molar-refractivity contribution >= 4 is 36.8 Å². The molecule has 3 unspecified atom stereocenters. The van der Waals surface area contributed by atoms with Gasteiger partial charge >= 0.3 is 31.7 Å². The highest BCUT2D eigenvalue weighted by molar-refractivity contribution is 6.91. The lowest BCUT2D eigenvalue weighted by Crippen LogP contribution is -2.64. The van der Waals surface area contributed by atoms with Gasteiger partial charge in [-0.05, 0) is 31.8 Å². The lowest BCUT2D eigenvalue weighted by Gasteiger charge is -2.40. The van der Waals surface area contributed by atoms with E-state index in [4.69, 9.17) is 21.8 Å². The lowest BCUT2D eigenvalue weighted by molar-refractivity contribution is -0.137. The summed E-state index contributed by atoms with van der Waals surface area (Å²) in [4.78, 5) is 12.1. The summed E-state index contributed by atoms with van der Waals surface area (Å²) < 4.78 is 30.7. The highest BCUT2D eigenvalue weighted by Gasteiger charge is 2.49. The van der Waals surface area contributed by atoms with Crippen LogP contribution in [0.15, 0.2) is 80.1 Å². The number of esters is 1. The molecule has 0 heterocycles. The van der Waals surface area contributed by atoms with Crippen LogP contribution in [0.2, 0.25) is 19.6 Å². The van der Waals surface area contributed by atoms with Crippen LogP contribution in [0.4, 0.5) is 0 Å². The van der Waals surface area contributed by atoms with Crippen LogP contribution in [-0.2, 0) is 26.6 Å². The molecule has 0 aliphatic heterocycles. The Morgan fingerprint density at radius 1 is 0.968 bits per heavy atom. The van der Waals surface area contributed by atoms with Crippen molar-refractivity contribution in [3.63, 3.8) is 0 Å². The van der Waals surface area contributed by atoms with E-state index in [2.05, 4.69) is 26.3 Å². The second-order valence-electron chi connectivity index (χ2n) is 7.43. The van der Waals surface area contributed by atoms with E-state index in [1.807, 2.05) is 50.0 Å². The van der Waals surface area contributed by atoms with E-state index >= 15 is 0 Å². The second-order valence-corrected chi connectivity index (χ2v) is 17.1. The lowest BCUT2D eigenvalue weighted by atomic mass is 10.4. The quantitative estimate of drug-likeness (QED) is 0.165. The molecule has 0 saturated carbocycles. The molecule has 6 nitrogen and oxygen atoms in total. The first-order chi connectivity index (χ1) is 14.5. The van der Waals surface area contributed by atoms with Crippen LogP contribution in [0.5, 0.6) is 0 Å². The topological polar surface area (TPSA) is 63.2 Å². The fraction of sp³-hybridized carbons (Fsp3) is 0.318. The Kier molecular flexibility index (Phi) is 10.7. The van der Waals surface area contributed by atoms with Crippen molar-refractivity contribution < 1.29 is 26.6 Å². The Morgan fingerprint density at radius 2 is 1.55 bits per heavy atom. The van der Waals surface area contributed by atoms with Crippen molar-refractivity contribution in [2.24, 2.45) is 0 Å². The zero-order valence-corrected chi connectivity index (χ0v) is 22.0. The third kappa shape index (κ3) is 8.65. The second kappa shape index (κ2) is 12.2. The van der Waals surface area contributed by atoms with E-state index in [-0.39, 0.29) is 6.23 Å². The zero-order valence-electron chi connectivity index (χ0n) is 19.0. The van der Waals surface area contributed by atoms with Gasteiger partial charge in [0, 0.05) is 5.57 Å². The van der Waals surface area contributed by atoms with E-state index in [9.17, 15) is 4.79 Å². The number of hydrogen-bond acceptors (Lipinski definition) is 6. The molecule has 0 fully saturated rings. The number of carbonyl (C=O) groups excluding carboxylic acids is 1. The molecule has 1 rings (SSSR count). The molecule has 0 aliphatic carbocycles. The standard InChI is InChI=1S/C22H34O6Si3/c1-9-17-25-29(6,11-3)27-30(7,19-24-22(23)20(4)5)28-31(8,26-18-10-2)21-15-13-12-14-16-21/h9-16H,1-4,17-19H2,5-8H3. The molecule has 0 N–H and O–H groups in total. The molecule has 1 aromatic carbocycles. The molecule has 0 saturated heterocycles. The number of carbonyl (C=O) groups is 1. The predicted molar refractivity (Wildman–Crippen MR) is 131 cm³/mol. The van der Waals surface area contributed by atoms with Crippen LogP contribution >= 0.6 is 0 Å². The summed E-state index contributed by atoms with van der Waals surface area (Å²) in [5.41, 5.74) is 1.98. The van der Waals surface area contributed by atoms with Gasteiger partial charge in [-0.3, -0.25) is 0 Å². The smallest absolute Gasteiger partial charge is 0.360 e. The predicted octanol–water partition coefficient (Wildman–Crippen LogP) is 3.93. The maximum Gasteiger partial charge on any atom is 0.360 e. The Labute approximate surface area is 189 Å². The van der Waals surface area contributed by atoms with Gasteiger partial charge in [0.1, 0.15) is 6.23 Å². The Balaban J connectivity index is 3.32. The third-order valence-corrected chi connectivity index (χ3v) is 15.2. The van der Waals surface area contributed by atoms with E-state index in [0.29, 0.717) is 18.8 Å². The fourth-order valence-corrected chi connectivity index (χ4v) is 14.1. The van der Waals surface area contributed by atoms with Gasteiger partial charge in [0.2, 0.25) is 0 Å². The molecular weight excluding hydrogens is 444 g/mol. The molecular formula is C22H34O6Si3. The van der Waals surface area contributed by atoms with Crippen LogP contribution < -0.4 is 5.19 Å². The minimum Gasteiger partial charge on any atom is -0.460 e. The summed E-state index contributed by atoms with van der Waals surface area (Å²) in [6.45, 7) is 22.8. The van der Waals surface area contributed by atoms with Crippen LogP contribution in [0.1, 0.15) is 6.92 Å². The molecule has 0 aromatic heterocycles. The summed E-state index contributed by atoms with van der Waals surface area (Å²) in [5, 5.41) is 0.930. The van der Waals surface area contributed by atoms with Crippen molar-refractivity contribution in [3.05, 3.63) is 80.1 Å². The van der Waals surface area contributed by atoms with Gasteiger partial charge < -0.3 is 21.8 Å². The van der Waals surface area contributed by atoms with Crippen molar-refractivity contribution in [1.29, 1.82) is 0 Å². The van der Waals surface area contributed by atoms with Gasteiger partial charge in [0.25, 0.3) is 0 Å².